The molecule has 3 N–H and O–H groups in total. The Kier molecular flexibility index (Phi) is 10.1. The van der Waals surface area contributed by atoms with E-state index in [1.165, 1.54) is 0 Å². The fourth-order valence-electron chi connectivity index (χ4n) is 2.25. The Morgan fingerprint density at radius 3 is 2.50 bits per heavy atom. The summed E-state index contributed by atoms with van der Waals surface area (Å²) in [5.74, 6) is 2.23. The van der Waals surface area contributed by atoms with Gasteiger partial charge in [0.1, 0.15) is 18.1 Å². The summed E-state index contributed by atoms with van der Waals surface area (Å²) in [5.41, 5.74) is 0.825. The number of aliphatic imine (C=N–C) groups is 1. The van der Waals surface area contributed by atoms with Crippen LogP contribution in [0, 0.1) is 0 Å². The maximum atomic E-state index is 10.4. The molecule has 0 saturated carbocycles. The summed E-state index contributed by atoms with van der Waals surface area (Å²) < 4.78 is 10.9. The van der Waals surface area contributed by atoms with Crippen molar-refractivity contribution < 1.29 is 14.3 Å². The summed E-state index contributed by atoms with van der Waals surface area (Å²) in [7, 11) is 0. The zero-order chi connectivity index (χ0) is 18.1. The Morgan fingerprint density at radius 1 is 1.19 bits per heavy atom. The lowest BCUT2D eigenvalue weighted by molar-refractivity contribution is 0.180. The summed E-state index contributed by atoms with van der Waals surface area (Å²) in [6.07, 6.45) is 1.12. The van der Waals surface area contributed by atoms with Crippen molar-refractivity contribution in [2.24, 2.45) is 4.99 Å². The van der Waals surface area contributed by atoms with Crippen molar-refractivity contribution in [3.63, 3.8) is 0 Å². The fourth-order valence-corrected chi connectivity index (χ4v) is 2.25. The molecule has 0 spiro atoms. The first kappa shape index (κ1) is 22.3. The van der Waals surface area contributed by atoms with Crippen LogP contribution in [0.5, 0.6) is 5.75 Å². The van der Waals surface area contributed by atoms with Crippen LogP contribution in [0.25, 0.3) is 0 Å². The molecule has 0 saturated heterocycles. The molecular formula is C19H28IN3O3. The van der Waals surface area contributed by atoms with E-state index in [0.717, 1.165) is 23.6 Å². The van der Waals surface area contributed by atoms with Gasteiger partial charge in [0.15, 0.2) is 5.96 Å². The molecular weight excluding hydrogens is 445 g/mol. The lowest BCUT2D eigenvalue weighted by Crippen LogP contribution is -2.39. The second-order valence-electron chi connectivity index (χ2n) is 5.91. The Morgan fingerprint density at radius 2 is 1.92 bits per heavy atom. The van der Waals surface area contributed by atoms with Gasteiger partial charge in [0.05, 0.1) is 18.5 Å². The highest BCUT2D eigenvalue weighted by atomic mass is 127. The standard InChI is InChI=1S/C19H27N3O3.HI/c1-4-20-19(21-12-17-6-5-11-24-17)22-13-18(23)15-7-9-16(10-8-15)25-14(2)3;/h5-11,14,18,23H,4,12-13H2,1-3H3,(H2,20,21,22);1H. The molecule has 26 heavy (non-hydrogen) atoms. The number of nitrogens with one attached hydrogen (secondary N) is 2. The van der Waals surface area contributed by atoms with E-state index in [2.05, 4.69) is 15.6 Å². The molecule has 2 aromatic rings. The van der Waals surface area contributed by atoms with Gasteiger partial charge >= 0.3 is 0 Å². The average molecular weight is 473 g/mol. The third-order valence-corrected chi connectivity index (χ3v) is 3.42. The molecule has 0 radical (unpaired) electrons. The molecule has 0 aliphatic heterocycles. The minimum Gasteiger partial charge on any atom is -0.491 e. The molecule has 1 aromatic heterocycles. The van der Waals surface area contributed by atoms with Crippen LogP contribution in [0.3, 0.4) is 0 Å². The van der Waals surface area contributed by atoms with Crippen LogP contribution in [-0.2, 0) is 6.54 Å². The van der Waals surface area contributed by atoms with Crippen LogP contribution >= 0.6 is 24.0 Å². The number of aliphatic hydroxyl groups is 1. The Labute approximate surface area is 172 Å². The Balaban J connectivity index is 0.00000338. The molecule has 0 aliphatic carbocycles. The minimum absolute atomic E-state index is 0. The van der Waals surface area contributed by atoms with Crippen LogP contribution < -0.4 is 15.4 Å². The van der Waals surface area contributed by atoms with Gasteiger partial charge in [0.2, 0.25) is 0 Å². The first-order valence-electron chi connectivity index (χ1n) is 8.57. The van der Waals surface area contributed by atoms with Crippen molar-refractivity contribution in [1.29, 1.82) is 0 Å². The maximum Gasteiger partial charge on any atom is 0.191 e. The van der Waals surface area contributed by atoms with E-state index in [0.29, 0.717) is 19.0 Å². The van der Waals surface area contributed by atoms with E-state index in [1.807, 2.05) is 57.2 Å². The number of furan rings is 1. The highest BCUT2D eigenvalue weighted by molar-refractivity contribution is 14.0. The fraction of sp³-hybridized carbons (Fsp3) is 0.421. The topological polar surface area (TPSA) is 79.0 Å². The quantitative estimate of drug-likeness (QED) is 0.311. The number of benzene rings is 1. The van der Waals surface area contributed by atoms with Gasteiger partial charge in [-0.25, -0.2) is 4.99 Å². The van der Waals surface area contributed by atoms with Gasteiger partial charge in [-0.05, 0) is 50.6 Å². The molecule has 6 nitrogen and oxygen atoms in total. The van der Waals surface area contributed by atoms with E-state index >= 15 is 0 Å². The molecule has 144 valence electrons. The second kappa shape index (κ2) is 11.8. The normalized spacial score (nSPS) is 12.4. The van der Waals surface area contributed by atoms with Crippen LogP contribution in [0.15, 0.2) is 52.1 Å². The lowest BCUT2D eigenvalue weighted by Gasteiger charge is -2.16. The van der Waals surface area contributed by atoms with Crippen LogP contribution in [0.1, 0.15) is 38.2 Å². The molecule has 7 heteroatoms. The number of aliphatic hydroxyl groups excluding tert-OH is 1. The summed E-state index contributed by atoms with van der Waals surface area (Å²) in [4.78, 5) is 4.44. The molecule has 1 unspecified atom stereocenters. The number of halogens is 1. The molecule has 1 atom stereocenters. The Bertz CT molecular complexity index is 643. The summed E-state index contributed by atoms with van der Waals surface area (Å²) >= 11 is 0. The van der Waals surface area contributed by atoms with E-state index in [1.54, 1.807) is 6.26 Å². The monoisotopic (exact) mass is 473 g/mol. The molecule has 0 fully saturated rings. The van der Waals surface area contributed by atoms with Gasteiger partial charge in [-0.15, -0.1) is 24.0 Å². The summed E-state index contributed by atoms with van der Waals surface area (Å²) in [5, 5.41) is 16.7. The van der Waals surface area contributed by atoms with Crippen LogP contribution in [-0.4, -0.2) is 30.3 Å². The lowest BCUT2D eigenvalue weighted by atomic mass is 10.1. The first-order valence-corrected chi connectivity index (χ1v) is 8.57. The van der Waals surface area contributed by atoms with Crippen molar-refractivity contribution in [2.45, 2.75) is 39.5 Å². The third kappa shape index (κ3) is 7.65. The first-order chi connectivity index (χ1) is 12.1. The highest BCUT2D eigenvalue weighted by Gasteiger charge is 2.09. The second-order valence-corrected chi connectivity index (χ2v) is 5.91. The Hall–Kier alpha value is -1.74. The van der Waals surface area contributed by atoms with E-state index in [4.69, 9.17) is 9.15 Å². The van der Waals surface area contributed by atoms with Gasteiger partial charge in [-0.3, -0.25) is 0 Å². The maximum absolute atomic E-state index is 10.4. The average Bonchev–Trinajstić information content (AvgIpc) is 3.10. The molecule has 0 bridgehead atoms. The van der Waals surface area contributed by atoms with Gasteiger partial charge in [0, 0.05) is 13.1 Å². The third-order valence-electron chi connectivity index (χ3n) is 3.42. The van der Waals surface area contributed by atoms with Crippen LogP contribution in [0.2, 0.25) is 0 Å². The van der Waals surface area contributed by atoms with Gasteiger partial charge in [0.25, 0.3) is 0 Å². The predicted octanol–water partition coefficient (Wildman–Crippen LogP) is 3.47. The zero-order valence-electron chi connectivity index (χ0n) is 15.4. The van der Waals surface area contributed by atoms with Crippen molar-refractivity contribution in [3.8, 4) is 5.75 Å². The molecule has 2 rings (SSSR count). The molecule has 1 heterocycles. The summed E-state index contributed by atoms with van der Waals surface area (Å²) in [6, 6.07) is 11.2. The summed E-state index contributed by atoms with van der Waals surface area (Å²) in [6.45, 7) is 7.50. The number of ether oxygens (including phenoxy) is 1. The van der Waals surface area contributed by atoms with E-state index in [9.17, 15) is 5.11 Å². The predicted molar refractivity (Wildman–Crippen MR) is 114 cm³/mol. The van der Waals surface area contributed by atoms with E-state index < -0.39 is 6.10 Å². The highest BCUT2D eigenvalue weighted by Crippen LogP contribution is 2.18. The SMILES string of the molecule is CCNC(=NCc1ccco1)NCC(O)c1ccc(OC(C)C)cc1.I. The number of hydrogen-bond donors (Lipinski definition) is 3. The molecule has 0 aliphatic rings. The number of rotatable bonds is 8. The van der Waals surface area contributed by atoms with Crippen molar-refractivity contribution in [1.82, 2.24) is 10.6 Å². The van der Waals surface area contributed by atoms with Crippen molar-refractivity contribution in [3.05, 3.63) is 54.0 Å². The molecule has 1 aromatic carbocycles. The minimum atomic E-state index is -0.638. The van der Waals surface area contributed by atoms with Gasteiger partial charge in [-0.2, -0.15) is 0 Å². The van der Waals surface area contributed by atoms with Gasteiger partial charge in [-0.1, -0.05) is 12.1 Å². The molecule has 0 amide bonds. The zero-order valence-corrected chi connectivity index (χ0v) is 17.8. The number of nitrogens with zero attached hydrogens (tertiary/aromatic N) is 1. The van der Waals surface area contributed by atoms with Crippen molar-refractivity contribution in [2.75, 3.05) is 13.1 Å². The van der Waals surface area contributed by atoms with Crippen LogP contribution in [0.4, 0.5) is 0 Å². The smallest absolute Gasteiger partial charge is 0.191 e. The van der Waals surface area contributed by atoms with E-state index in [-0.39, 0.29) is 30.1 Å². The number of hydrogen-bond acceptors (Lipinski definition) is 4. The number of guanidine groups is 1. The van der Waals surface area contributed by atoms with Gasteiger partial charge < -0.3 is 24.9 Å². The largest absolute Gasteiger partial charge is 0.491 e. The van der Waals surface area contributed by atoms with Crippen molar-refractivity contribution >= 4 is 29.9 Å².